The van der Waals surface area contributed by atoms with Gasteiger partial charge in [-0.3, -0.25) is 0 Å². The van der Waals surface area contributed by atoms with Crippen molar-refractivity contribution in [3.8, 4) is 0 Å². The summed E-state index contributed by atoms with van der Waals surface area (Å²) in [6, 6.07) is 0. The van der Waals surface area contributed by atoms with Gasteiger partial charge in [0.05, 0.1) is 6.54 Å². The lowest BCUT2D eigenvalue weighted by Gasteiger charge is -1.96. The minimum absolute atomic E-state index is 0.395. The molecular weight excluding hydrogens is 150 g/mol. The Hall–Kier alpha value is -0.930. The highest BCUT2D eigenvalue weighted by atomic mass is 19.3. The monoisotopic (exact) mass is 162 g/mol. The van der Waals surface area contributed by atoms with Crippen LogP contribution in [0.3, 0.4) is 0 Å². The number of allylic oxidation sites excluding steroid dienone is 2. The van der Waals surface area contributed by atoms with Crippen LogP contribution in [0.5, 0.6) is 0 Å². The minimum Gasteiger partial charge on any atom is -0.304 e. The first-order valence-electron chi connectivity index (χ1n) is 3.33. The number of alkyl halides is 2. The van der Waals surface area contributed by atoms with Crippen molar-refractivity contribution in [1.29, 1.82) is 0 Å². The molecule has 0 radical (unpaired) electrons. The summed E-state index contributed by atoms with van der Waals surface area (Å²) < 4.78 is 23.0. The molecule has 0 saturated heterocycles. The summed E-state index contributed by atoms with van der Waals surface area (Å²) in [5.74, 6) is 0. The van der Waals surface area contributed by atoms with Crippen molar-refractivity contribution in [2.75, 3.05) is 6.54 Å². The third kappa shape index (κ3) is 6.96. The molecule has 0 aromatic carbocycles. The summed E-state index contributed by atoms with van der Waals surface area (Å²) in [5.41, 5.74) is 3.17. The van der Waals surface area contributed by atoms with Crippen molar-refractivity contribution in [3.63, 3.8) is 0 Å². The molecule has 0 fully saturated rings. The average Bonchev–Trinajstić information content (AvgIpc) is 1.97. The minimum atomic E-state index is -2.35. The smallest absolute Gasteiger partial charge is 0.257 e. The van der Waals surface area contributed by atoms with E-state index >= 15 is 0 Å². The molecule has 0 aromatic heterocycles. The second kappa shape index (κ2) is 5.82. The highest BCUT2D eigenvalue weighted by Crippen LogP contribution is 1.88. The van der Waals surface area contributed by atoms with E-state index in [1.165, 1.54) is 6.21 Å². The van der Waals surface area contributed by atoms with Crippen molar-refractivity contribution in [2.24, 2.45) is 5.10 Å². The summed E-state index contributed by atoms with van der Waals surface area (Å²) in [4.78, 5) is 0. The van der Waals surface area contributed by atoms with Crippen LogP contribution in [0.25, 0.3) is 0 Å². The zero-order valence-electron chi connectivity index (χ0n) is 6.64. The number of hydrogen-bond donors (Lipinski definition) is 1. The van der Waals surface area contributed by atoms with Gasteiger partial charge in [0.25, 0.3) is 6.43 Å². The number of hydrogen-bond acceptors (Lipinski definition) is 2. The lowest BCUT2D eigenvalue weighted by atomic mass is 10.3. The van der Waals surface area contributed by atoms with Gasteiger partial charge in [-0.1, -0.05) is 6.08 Å². The van der Waals surface area contributed by atoms with Gasteiger partial charge in [0, 0.05) is 6.21 Å². The molecular formula is C7H12F2N2. The molecule has 0 amide bonds. The van der Waals surface area contributed by atoms with Gasteiger partial charge < -0.3 is 5.43 Å². The van der Waals surface area contributed by atoms with Crippen LogP contribution in [0.1, 0.15) is 13.8 Å². The topological polar surface area (TPSA) is 24.4 Å². The van der Waals surface area contributed by atoms with Crippen LogP contribution < -0.4 is 5.43 Å². The van der Waals surface area contributed by atoms with E-state index in [2.05, 4.69) is 10.5 Å². The molecule has 0 heterocycles. The summed E-state index contributed by atoms with van der Waals surface area (Å²) in [6.07, 6.45) is 0.994. The lowest BCUT2D eigenvalue weighted by molar-refractivity contribution is 0.147. The Bertz CT molecular complexity index is 153. The zero-order valence-corrected chi connectivity index (χ0v) is 6.64. The third-order valence-corrected chi connectivity index (χ3v) is 1.06. The van der Waals surface area contributed by atoms with Gasteiger partial charge in [-0.2, -0.15) is 5.10 Å². The van der Waals surface area contributed by atoms with E-state index in [4.69, 9.17) is 0 Å². The normalized spacial score (nSPS) is 13.0. The van der Waals surface area contributed by atoms with E-state index in [9.17, 15) is 8.78 Å². The largest absolute Gasteiger partial charge is 0.304 e. The Morgan fingerprint density at radius 1 is 1.64 bits per heavy atom. The van der Waals surface area contributed by atoms with Crippen LogP contribution in [0.2, 0.25) is 0 Å². The number of halogens is 2. The van der Waals surface area contributed by atoms with E-state index in [0.29, 0.717) is 0 Å². The summed E-state index contributed by atoms with van der Waals surface area (Å²) in [6.45, 7) is 3.30. The Labute approximate surface area is 65.0 Å². The Balaban J connectivity index is 3.45. The molecule has 0 saturated carbocycles. The molecule has 0 aliphatic carbocycles. The molecule has 4 heteroatoms. The maximum atomic E-state index is 11.5. The predicted molar refractivity (Wildman–Crippen MR) is 41.9 cm³/mol. The Morgan fingerprint density at radius 2 is 2.27 bits per heavy atom. The molecule has 0 unspecified atom stereocenters. The molecule has 0 atom stereocenters. The third-order valence-electron chi connectivity index (χ3n) is 1.06. The number of nitrogens with one attached hydrogen (secondary N) is 1. The van der Waals surface area contributed by atoms with Crippen LogP contribution >= 0.6 is 0 Å². The summed E-state index contributed by atoms with van der Waals surface area (Å²) in [7, 11) is 0. The Morgan fingerprint density at radius 3 is 2.73 bits per heavy atom. The second-order valence-electron chi connectivity index (χ2n) is 2.04. The van der Waals surface area contributed by atoms with Crippen LogP contribution in [0, 0.1) is 0 Å². The van der Waals surface area contributed by atoms with Gasteiger partial charge in [0.1, 0.15) is 0 Å². The predicted octanol–water partition coefficient (Wildman–Crippen LogP) is 1.79. The van der Waals surface area contributed by atoms with Crippen LogP contribution in [-0.4, -0.2) is 19.2 Å². The highest BCUT2D eigenvalue weighted by molar-refractivity contribution is 5.77. The van der Waals surface area contributed by atoms with Crippen molar-refractivity contribution in [3.05, 3.63) is 11.6 Å². The zero-order chi connectivity index (χ0) is 8.69. The van der Waals surface area contributed by atoms with E-state index in [-0.39, 0.29) is 0 Å². The fourth-order valence-corrected chi connectivity index (χ4v) is 0.344. The molecule has 0 bridgehead atoms. The van der Waals surface area contributed by atoms with E-state index in [1.807, 2.05) is 19.9 Å². The van der Waals surface area contributed by atoms with E-state index in [1.54, 1.807) is 0 Å². The number of hydrazone groups is 1. The molecule has 0 aliphatic rings. The van der Waals surface area contributed by atoms with Gasteiger partial charge in [-0.05, 0) is 19.4 Å². The van der Waals surface area contributed by atoms with Crippen LogP contribution in [-0.2, 0) is 0 Å². The molecule has 0 aromatic rings. The van der Waals surface area contributed by atoms with E-state index < -0.39 is 13.0 Å². The fraction of sp³-hybridized carbons (Fsp3) is 0.571. The van der Waals surface area contributed by atoms with Crippen molar-refractivity contribution >= 4 is 6.21 Å². The van der Waals surface area contributed by atoms with Crippen LogP contribution in [0.15, 0.2) is 16.8 Å². The first-order valence-corrected chi connectivity index (χ1v) is 3.33. The van der Waals surface area contributed by atoms with Crippen molar-refractivity contribution in [2.45, 2.75) is 20.3 Å². The molecule has 0 spiro atoms. The van der Waals surface area contributed by atoms with Gasteiger partial charge in [-0.25, -0.2) is 8.78 Å². The summed E-state index contributed by atoms with van der Waals surface area (Å²) in [5, 5.41) is 3.56. The van der Waals surface area contributed by atoms with Gasteiger partial charge >= 0.3 is 0 Å². The molecule has 2 nitrogen and oxygen atoms in total. The molecule has 0 aliphatic heterocycles. The quantitative estimate of drug-likeness (QED) is 0.494. The maximum absolute atomic E-state index is 11.5. The summed E-state index contributed by atoms with van der Waals surface area (Å²) >= 11 is 0. The lowest BCUT2D eigenvalue weighted by Crippen LogP contribution is -2.15. The number of rotatable bonds is 4. The van der Waals surface area contributed by atoms with Gasteiger partial charge in [0.2, 0.25) is 0 Å². The maximum Gasteiger partial charge on any atom is 0.257 e. The SMILES string of the molecule is C/C=C(C)\C=N/NCC(F)F. The first kappa shape index (κ1) is 10.1. The molecule has 1 N–H and O–H groups in total. The van der Waals surface area contributed by atoms with Crippen molar-refractivity contribution in [1.82, 2.24) is 5.43 Å². The van der Waals surface area contributed by atoms with Gasteiger partial charge in [-0.15, -0.1) is 0 Å². The van der Waals surface area contributed by atoms with Crippen LogP contribution in [0.4, 0.5) is 8.78 Å². The standard InChI is InChI=1S/C7H12F2N2/c1-3-6(2)4-10-11-5-7(8)9/h3-4,7,11H,5H2,1-2H3/b6-3-,10-4-. The second-order valence-corrected chi connectivity index (χ2v) is 2.04. The number of nitrogens with zero attached hydrogens (tertiary/aromatic N) is 1. The van der Waals surface area contributed by atoms with Gasteiger partial charge in [0.15, 0.2) is 0 Å². The molecule has 64 valence electrons. The molecule has 11 heavy (non-hydrogen) atoms. The van der Waals surface area contributed by atoms with E-state index in [0.717, 1.165) is 5.57 Å². The first-order chi connectivity index (χ1) is 5.16. The average molecular weight is 162 g/mol. The molecule has 0 rings (SSSR count). The fourth-order valence-electron chi connectivity index (χ4n) is 0.344. The Kier molecular flexibility index (Phi) is 5.33. The highest BCUT2D eigenvalue weighted by Gasteiger charge is 1.97. The van der Waals surface area contributed by atoms with Crippen molar-refractivity contribution < 1.29 is 8.78 Å².